The molecule has 0 aliphatic carbocycles. The Morgan fingerprint density at radius 2 is 2.21 bits per heavy atom. The molecule has 100 valence electrons. The number of aromatic nitrogens is 2. The summed E-state index contributed by atoms with van der Waals surface area (Å²) in [4.78, 5) is 8.25. The SMILES string of the molecule is CCCNc1nccc(Oc2cc(F)cc(Br)c2)n1. The number of halogens is 2. The molecule has 0 amide bonds. The molecule has 0 atom stereocenters. The van der Waals surface area contributed by atoms with Crippen molar-refractivity contribution in [2.75, 3.05) is 11.9 Å². The van der Waals surface area contributed by atoms with Crippen molar-refractivity contribution in [3.05, 3.63) is 40.8 Å². The summed E-state index contributed by atoms with van der Waals surface area (Å²) in [6.07, 6.45) is 2.57. The summed E-state index contributed by atoms with van der Waals surface area (Å²) in [6.45, 7) is 2.84. The predicted molar refractivity (Wildman–Crippen MR) is 75.0 cm³/mol. The van der Waals surface area contributed by atoms with Gasteiger partial charge in [-0.15, -0.1) is 0 Å². The van der Waals surface area contributed by atoms with E-state index in [-0.39, 0.29) is 5.82 Å². The first-order valence-corrected chi connectivity index (χ1v) is 6.67. The summed E-state index contributed by atoms with van der Waals surface area (Å²) in [5.41, 5.74) is 0. The van der Waals surface area contributed by atoms with Gasteiger partial charge in [-0.05, 0) is 18.6 Å². The molecule has 0 unspecified atom stereocenters. The number of anilines is 1. The third kappa shape index (κ3) is 4.17. The molecule has 0 bridgehead atoms. The monoisotopic (exact) mass is 325 g/mol. The zero-order valence-corrected chi connectivity index (χ0v) is 11.9. The van der Waals surface area contributed by atoms with Crippen LogP contribution in [0.15, 0.2) is 34.9 Å². The predicted octanol–water partition coefficient (Wildman–Crippen LogP) is 3.99. The van der Waals surface area contributed by atoms with Gasteiger partial charge >= 0.3 is 0 Å². The van der Waals surface area contributed by atoms with Gasteiger partial charge in [0.1, 0.15) is 11.6 Å². The molecule has 0 aliphatic rings. The van der Waals surface area contributed by atoms with Crippen LogP contribution in [0.5, 0.6) is 11.6 Å². The molecule has 0 aliphatic heterocycles. The molecular formula is C13H13BrFN3O. The van der Waals surface area contributed by atoms with Crippen molar-refractivity contribution in [2.24, 2.45) is 0 Å². The zero-order valence-electron chi connectivity index (χ0n) is 10.4. The minimum atomic E-state index is -0.372. The van der Waals surface area contributed by atoms with E-state index >= 15 is 0 Å². The van der Waals surface area contributed by atoms with Gasteiger partial charge in [-0.1, -0.05) is 22.9 Å². The van der Waals surface area contributed by atoms with Gasteiger partial charge in [0.05, 0.1) is 0 Å². The number of benzene rings is 1. The van der Waals surface area contributed by atoms with E-state index < -0.39 is 0 Å². The lowest BCUT2D eigenvalue weighted by atomic mass is 10.3. The number of ether oxygens (including phenoxy) is 1. The topological polar surface area (TPSA) is 47.0 Å². The highest BCUT2D eigenvalue weighted by Crippen LogP contribution is 2.25. The Hall–Kier alpha value is -1.69. The van der Waals surface area contributed by atoms with Gasteiger partial charge in [0, 0.05) is 29.3 Å². The van der Waals surface area contributed by atoms with Gasteiger partial charge in [0.2, 0.25) is 11.8 Å². The fraction of sp³-hybridized carbons (Fsp3) is 0.231. The Kier molecular flexibility index (Phi) is 4.68. The first kappa shape index (κ1) is 13.7. The van der Waals surface area contributed by atoms with E-state index in [0.29, 0.717) is 22.1 Å². The summed E-state index contributed by atoms with van der Waals surface area (Å²) in [5.74, 6) is 0.871. The van der Waals surface area contributed by atoms with Crippen molar-refractivity contribution < 1.29 is 9.13 Å². The third-order valence-corrected chi connectivity index (χ3v) is 2.68. The molecular weight excluding hydrogens is 313 g/mol. The quantitative estimate of drug-likeness (QED) is 0.902. The molecule has 1 heterocycles. The van der Waals surface area contributed by atoms with Crippen LogP contribution in [0.25, 0.3) is 0 Å². The Morgan fingerprint density at radius 1 is 1.37 bits per heavy atom. The lowest BCUT2D eigenvalue weighted by molar-refractivity contribution is 0.457. The molecule has 2 aromatic rings. The molecule has 6 heteroatoms. The van der Waals surface area contributed by atoms with E-state index in [4.69, 9.17) is 4.74 Å². The second-order valence-electron chi connectivity index (χ2n) is 3.85. The van der Waals surface area contributed by atoms with Gasteiger partial charge in [0.25, 0.3) is 0 Å². The van der Waals surface area contributed by atoms with Gasteiger partial charge < -0.3 is 10.1 Å². The van der Waals surface area contributed by atoms with E-state index in [1.165, 1.54) is 12.1 Å². The number of rotatable bonds is 5. The van der Waals surface area contributed by atoms with E-state index in [0.717, 1.165) is 13.0 Å². The second kappa shape index (κ2) is 6.47. The fourth-order valence-electron chi connectivity index (χ4n) is 1.43. The maximum absolute atomic E-state index is 13.2. The summed E-state index contributed by atoms with van der Waals surface area (Å²) in [5, 5.41) is 3.06. The summed E-state index contributed by atoms with van der Waals surface area (Å²) < 4.78 is 19.3. The zero-order chi connectivity index (χ0) is 13.7. The number of nitrogens with zero attached hydrogens (tertiary/aromatic N) is 2. The summed E-state index contributed by atoms with van der Waals surface area (Å²) >= 11 is 3.21. The Bertz CT molecular complexity index is 545. The average Bonchev–Trinajstić information content (AvgIpc) is 2.35. The molecule has 0 fully saturated rings. The molecule has 0 saturated heterocycles. The first-order valence-electron chi connectivity index (χ1n) is 5.88. The Morgan fingerprint density at radius 3 is 2.95 bits per heavy atom. The fourth-order valence-corrected chi connectivity index (χ4v) is 1.87. The Balaban J connectivity index is 2.13. The van der Waals surface area contributed by atoms with Gasteiger partial charge in [-0.2, -0.15) is 4.98 Å². The van der Waals surface area contributed by atoms with Crippen LogP contribution < -0.4 is 10.1 Å². The standard InChI is InChI=1S/C13H13BrFN3O/c1-2-4-16-13-17-5-3-12(18-13)19-11-7-9(14)6-10(15)8-11/h3,5-8H,2,4H2,1H3,(H,16,17,18). The summed E-state index contributed by atoms with van der Waals surface area (Å²) in [6, 6.07) is 5.95. The molecule has 19 heavy (non-hydrogen) atoms. The van der Waals surface area contributed by atoms with E-state index in [1.807, 2.05) is 0 Å². The normalized spacial score (nSPS) is 10.3. The van der Waals surface area contributed by atoms with Gasteiger partial charge in [-0.25, -0.2) is 9.37 Å². The molecule has 1 N–H and O–H groups in total. The largest absolute Gasteiger partial charge is 0.439 e. The van der Waals surface area contributed by atoms with Gasteiger partial charge in [-0.3, -0.25) is 0 Å². The molecule has 4 nitrogen and oxygen atoms in total. The molecule has 1 aromatic carbocycles. The molecule has 0 saturated carbocycles. The maximum Gasteiger partial charge on any atom is 0.225 e. The first-order chi connectivity index (χ1) is 9.17. The van der Waals surface area contributed by atoms with Crippen LogP contribution in [0.3, 0.4) is 0 Å². The van der Waals surface area contributed by atoms with Crippen LogP contribution in [0.2, 0.25) is 0 Å². The minimum absolute atomic E-state index is 0.367. The summed E-state index contributed by atoms with van der Waals surface area (Å²) in [7, 11) is 0. The van der Waals surface area contributed by atoms with Crippen molar-refractivity contribution in [1.29, 1.82) is 0 Å². The smallest absolute Gasteiger partial charge is 0.225 e. The van der Waals surface area contributed by atoms with Crippen molar-refractivity contribution in [2.45, 2.75) is 13.3 Å². The molecule has 2 rings (SSSR count). The van der Waals surface area contributed by atoms with Crippen LogP contribution in [-0.2, 0) is 0 Å². The maximum atomic E-state index is 13.2. The minimum Gasteiger partial charge on any atom is -0.439 e. The molecule has 0 spiro atoms. The highest BCUT2D eigenvalue weighted by Gasteiger charge is 2.04. The highest BCUT2D eigenvalue weighted by molar-refractivity contribution is 9.10. The number of nitrogens with one attached hydrogen (secondary N) is 1. The van der Waals surface area contributed by atoms with Gasteiger partial charge in [0.15, 0.2) is 0 Å². The van der Waals surface area contributed by atoms with E-state index in [1.54, 1.807) is 18.3 Å². The molecule has 1 aromatic heterocycles. The lowest BCUT2D eigenvalue weighted by Crippen LogP contribution is -2.04. The van der Waals surface area contributed by atoms with Crippen LogP contribution in [0.4, 0.5) is 10.3 Å². The molecule has 0 radical (unpaired) electrons. The second-order valence-corrected chi connectivity index (χ2v) is 4.77. The van der Waals surface area contributed by atoms with Crippen LogP contribution in [0.1, 0.15) is 13.3 Å². The lowest BCUT2D eigenvalue weighted by Gasteiger charge is -2.07. The van der Waals surface area contributed by atoms with Crippen LogP contribution in [0, 0.1) is 5.82 Å². The third-order valence-electron chi connectivity index (χ3n) is 2.22. The van der Waals surface area contributed by atoms with E-state index in [2.05, 4.69) is 38.1 Å². The average molecular weight is 326 g/mol. The van der Waals surface area contributed by atoms with Crippen molar-refractivity contribution in [3.8, 4) is 11.6 Å². The van der Waals surface area contributed by atoms with Crippen molar-refractivity contribution in [3.63, 3.8) is 0 Å². The number of hydrogen-bond acceptors (Lipinski definition) is 4. The van der Waals surface area contributed by atoms with Crippen molar-refractivity contribution in [1.82, 2.24) is 9.97 Å². The van der Waals surface area contributed by atoms with Crippen molar-refractivity contribution >= 4 is 21.9 Å². The Labute approximate surface area is 119 Å². The number of hydrogen-bond donors (Lipinski definition) is 1. The van der Waals surface area contributed by atoms with Crippen LogP contribution >= 0.6 is 15.9 Å². The van der Waals surface area contributed by atoms with E-state index in [9.17, 15) is 4.39 Å². The highest BCUT2D eigenvalue weighted by atomic mass is 79.9. The van der Waals surface area contributed by atoms with Crippen LogP contribution in [-0.4, -0.2) is 16.5 Å².